The predicted octanol–water partition coefficient (Wildman–Crippen LogP) is 4.01. The minimum absolute atomic E-state index is 0.0489. The van der Waals surface area contributed by atoms with Gasteiger partial charge in [0.25, 0.3) is 0 Å². The number of hydrogen-bond acceptors (Lipinski definition) is 3. The largest absolute Gasteiger partial charge is 0.496 e. The van der Waals surface area contributed by atoms with E-state index in [1.807, 2.05) is 53.1 Å². The molecule has 1 amide bonds. The van der Waals surface area contributed by atoms with Gasteiger partial charge < -0.3 is 10.1 Å². The molecule has 0 fully saturated rings. The number of ether oxygens (including phenoxy) is 1. The lowest BCUT2D eigenvalue weighted by Crippen LogP contribution is -2.25. The lowest BCUT2D eigenvalue weighted by Gasteiger charge is -2.24. The summed E-state index contributed by atoms with van der Waals surface area (Å²) in [6.07, 6.45) is 2.05. The highest BCUT2D eigenvalue weighted by Gasteiger charge is 2.32. The van der Waals surface area contributed by atoms with Crippen molar-refractivity contribution in [2.45, 2.75) is 12.3 Å². The van der Waals surface area contributed by atoms with Gasteiger partial charge >= 0.3 is 0 Å². The van der Waals surface area contributed by atoms with Gasteiger partial charge in [-0.05, 0) is 24.3 Å². The summed E-state index contributed by atoms with van der Waals surface area (Å²) in [6, 6.07) is 15.2. The first kappa shape index (κ1) is 15.7. The van der Waals surface area contributed by atoms with E-state index in [1.165, 1.54) is 0 Å². The lowest BCUT2D eigenvalue weighted by atomic mass is 9.89. The van der Waals surface area contributed by atoms with E-state index >= 15 is 0 Å². The number of amides is 1. The summed E-state index contributed by atoms with van der Waals surface area (Å²) < 4.78 is 7.32. The first-order valence-electron chi connectivity index (χ1n) is 7.93. The van der Waals surface area contributed by atoms with E-state index in [-0.39, 0.29) is 11.8 Å². The summed E-state index contributed by atoms with van der Waals surface area (Å²) in [6.45, 7) is 0. The van der Waals surface area contributed by atoms with Gasteiger partial charge in [-0.2, -0.15) is 0 Å². The van der Waals surface area contributed by atoms with Crippen LogP contribution < -0.4 is 10.1 Å². The Morgan fingerprint density at radius 3 is 2.88 bits per heavy atom. The molecule has 0 bridgehead atoms. The van der Waals surface area contributed by atoms with Gasteiger partial charge in [-0.25, -0.2) is 4.98 Å². The SMILES string of the molecule is COc1ccccc1[C@@H]1CC(=O)Nc2c1ncn2-c1cccc(Cl)c1. The second-order valence-corrected chi connectivity index (χ2v) is 6.31. The topological polar surface area (TPSA) is 56.1 Å². The number of fused-ring (bicyclic) bond motifs is 1. The number of para-hydroxylation sites is 1. The van der Waals surface area contributed by atoms with Gasteiger partial charge in [-0.15, -0.1) is 0 Å². The summed E-state index contributed by atoms with van der Waals surface area (Å²) in [4.78, 5) is 16.9. The maximum Gasteiger partial charge on any atom is 0.226 e. The van der Waals surface area contributed by atoms with E-state index in [2.05, 4.69) is 10.3 Å². The van der Waals surface area contributed by atoms with Crippen LogP contribution in [0.3, 0.4) is 0 Å². The summed E-state index contributed by atoms with van der Waals surface area (Å²) in [7, 11) is 1.63. The maximum atomic E-state index is 12.3. The zero-order valence-corrected chi connectivity index (χ0v) is 14.3. The van der Waals surface area contributed by atoms with Crippen LogP contribution in [0.2, 0.25) is 5.02 Å². The van der Waals surface area contributed by atoms with Crippen LogP contribution in [-0.4, -0.2) is 22.6 Å². The Bertz CT molecular complexity index is 951. The second kappa shape index (κ2) is 6.26. The molecular formula is C19H16ClN3O2. The number of halogens is 1. The number of carbonyl (C=O) groups excluding carboxylic acids is 1. The lowest BCUT2D eigenvalue weighted by molar-refractivity contribution is -0.116. The molecule has 0 aliphatic carbocycles. The van der Waals surface area contributed by atoms with Crippen molar-refractivity contribution in [1.29, 1.82) is 0 Å². The molecule has 1 aliphatic rings. The number of imidazole rings is 1. The normalized spacial score (nSPS) is 16.2. The smallest absolute Gasteiger partial charge is 0.226 e. The van der Waals surface area contributed by atoms with Crippen LogP contribution in [-0.2, 0) is 4.79 Å². The molecule has 2 aromatic carbocycles. The van der Waals surface area contributed by atoms with Crippen LogP contribution in [0, 0.1) is 0 Å². The van der Waals surface area contributed by atoms with E-state index < -0.39 is 0 Å². The Balaban J connectivity index is 1.84. The Morgan fingerprint density at radius 1 is 1.24 bits per heavy atom. The minimum Gasteiger partial charge on any atom is -0.496 e. The molecule has 25 heavy (non-hydrogen) atoms. The molecule has 0 radical (unpaired) electrons. The van der Waals surface area contributed by atoms with Crippen molar-refractivity contribution in [3.05, 3.63) is 71.1 Å². The van der Waals surface area contributed by atoms with Gasteiger partial charge in [0.05, 0.1) is 12.8 Å². The van der Waals surface area contributed by atoms with Crippen molar-refractivity contribution in [2.75, 3.05) is 12.4 Å². The number of carbonyl (C=O) groups is 1. The van der Waals surface area contributed by atoms with E-state index in [1.54, 1.807) is 13.4 Å². The predicted molar refractivity (Wildman–Crippen MR) is 96.7 cm³/mol. The first-order valence-corrected chi connectivity index (χ1v) is 8.31. The molecule has 126 valence electrons. The molecule has 1 N–H and O–H groups in total. The fourth-order valence-corrected chi connectivity index (χ4v) is 3.42. The van der Waals surface area contributed by atoms with E-state index in [9.17, 15) is 4.79 Å². The average molecular weight is 354 g/mol. The first-order chi connectivity index (χ1) is 12.2. The number of rotatable bonds is 3. The highest BCUT2D eigenvalue weighted by atomic mass is 35.5. The fraction of sp³-hybridized carbons (Fsp3) is 0.158. The van der Waals surface area contributed by atoms with Crippen molar-refractivity contribution in [1.82, 2.24) is 9.55 Å². The minimum atomic E-state index is -0.152. The number of benzene rings is 2. The molecule has 3 aromatic rings. The van der Waals surface area contributed by atoms with Crippen molar-refractivity contribution < 1.29 is 9.53 Å². The third-order valence-corrected chi connectivity index (χ3v) is 4.61. The molecule has 6 heteroatoms. The van der Waals surface area contributed by atoms with Gasteiger partial charge in [0.1, 0.15) is 17.9 Å². The van der Waals surface area contributed by atoms with Crippen molar-refractivity contribution >= 4 is 23.3 Å². The Labute approximate surface area is 150 Å². The standard InChI is InChI=1S/C19H16ClN3O2/c1-25-16-8-3-2-7-14(16)15-10-17(24)22-19-18(15)21-11-23(19)13-6-4-5-12(20)9-13/h2-9,11,15H,10H2,1H3,(H,22,24)/t15-/m0/s1. The van der Waals surface area contributed by atoms with Gasteiger partial charge in [-0.3, -0.25) is 9.36 Å². The molecule has 4 rings (SSSR count). The van der Waals surface area contributed by atoms with E-state index in [0.29, 0.717) is 17.3 Å². The molecule has 0 unspecified atom stereocenters. The van der Waals surface area contributed by atoms with Gasteiger partial charge in [0.15, 0.2) is 0 Å². The number of aromatic nitrogens is 2. The van der Waals surface area contributed by atoms with E-state index in [0.717, 1.165) is 22.7 Å². The monoisotopic (exact) mass is 353 g/mol. The summed E-state index contributed by atoms with van der Waals surface area (Å²) in [5.74, 6) is 1.23. The zero-order valence-electron chi connectivity index (χ0n) is 13.6. The molecule has 0 saturated carbocycles. The third kappa shape index (κ3) is 2.76. The average Bonchev–Trinajstić information content (AvgIpc) is 3.04. The third-order valence-electron chi connectivity index (χ3n) is 4.37. The quantitative estimate of drug-likeness (QED) is 0.774. The molecule has 1 atom stereocenters. The molecule has 2 heterocycles. The fourth-order valence-electron chi connectivity index (χ4n) is 3.24. The van der Waals surface area contributed by atoms with Crippen LogP contribution in [0.1, 0.15) is 23.6 Å². The molecule has 1 aliphatic heterocycles. The number of hydrogen-bond donors (Lipinski definition) is 1. The second-order valence-electron chi connectivity index (χ2n) is 5.88. The Kier molecular flexibility index (Phi) is 3.93. The summed E-state index contributed by atoms with van der Waals surface area (Å²) >= 11 is 6.10. The Hall–Kier alpha value is -2.79. The van der Waals surface area contributed by atoms with Crippen molar-refractivity contribution in [3.8, 4) is 11.4 Å². The van der Waals surface area contributed by atoms with Gasteiger partial charge in [0.2, 0.25) is 5.91 Å². The van der Waals surface area contributed by atoms with E-state index in [4.69, 9.17) is 16.3 Å². The molecule has 0 saturated heterocycles. The molecule has 1 aromatic heterocycles. The number of nitrogens with one attached hydrogen (secondary N) is 1. The number of methoxy groups -OCH3 is 1. The summed E-state index contributed by atoms with van der Waals surface area (Å²) in [5.41, 5.74) is 2.63. The van der Waals surface area contributed by atoms with Crippen LogP contribution >= 0.6 is 11.6 Å². The number of nitrogens with zero attached hydrogens (tertiary/aromatic N) is 2. The highest BCUT2D eigenvalue weighted by Crippen LogP contribution is 2.40. The molecule has 5 nitrogen and oxygen atoms in total. The van der Waals surface area contributed by atoms with Crippen LogP contribution in [0.5, 0.6) is 5.75 Å². The van der Waals surface area contributed by atoms with Gasteiger partial charge in [-0.1, -0.05) is 35.9 Å². The highest BCUT2D eigenvalue weighted by molar-refractivity contribution is 6.30. The maximum absolute atomic E-state index is 12.3. The van der Waals surface area contributed by atoms with Crippen LogP contribution in [0.25, 0.3) is 5.69 Å². The van der Waals surface area contributed by atoms with Gasteiger partial charge in [0, 0.05) is 28.6 Å². The van der Waals surface area contributed by atoms with Crippen LogP contribution in [0.4, 0.5) is 5.82 Å². The summed E-state index contributed by atoms with van der Waals surface area (Å²) in [5, 5.41) is 3.57. The molecular weight excluding hydrogens is 338 g/mol. The zero-order chi connectivity index (χ0) is 17.4. The van der Waals surface area contributed by atoms with Crippen molar-refractivity contribution in [3.63, 3.8) is 0 Å². The van der Waals surface area contributed by atoms with Crippen molar-refractivity contribution in [2.24, 2.45) is 0 Å². The number of anilines is 1. The Morgan fingerprint density at radius 2 is 2.08 bits per heavy atom. The molecule has 0 spiro atoms. The van der Waals surface area contributed by atoms with Crippen LogP contribution in [0.15, 0.2) is 54.9 Å².